The van der Waals surface area contributed by atoms with Gasteiger partial charge in [0.15, 0.2) is 0 Å². The average molecular weight is 304 g/mol. The van der Waals surface area contributed by atoms with E-state index in [1.807, 2.05) is 0 Å². The quantitative estimate of drug-likeness (QED) is 0.782. The third-order valence-electron chi connectivity index (χ3n) is 3.26. The molecule has 21 heavy (non-hydrogen) atoms. The smallest absolute Gasteiger partial charge is 0.229 e. The maximum Gasteiger partial charge on any atom is 0.229 e. The van der Waals surface area contributed by atoms with Crippen LogP contribution in [0.15, 0.2) is 23.8 Å². The van der Waals surface area contributed by atoms with Gasteiger partial charge in [-0.05, 0) is 38.6 Å². The molecule has 1 saturated heterocycles. The summed E-state index contributed by atoms with van der Waals surface area (Å²) in [4.78, 5) is 11.0. The summed E-state index contributed by atoms with van der Waals surface area (Å²) >= 11 is 0. The second-order valence-electron chi connectivity index (χ2n) is 4.84. The molecule has 4 nitrogen and oxygen atoms in total. The van der Waals surface area contributed by atoms with Crippen molar-refractivity contribution in [1.82, 2.24) is 4.90 Å². The van der Waals surface area contributed by atoms with Crippen molar-refractivity contribution in [2.75, 3.05) is 26.6 Å². The normalized spacial score (nSPS) is 20.7. The van der Waals surface area contributed by atoms with E-state index in [2.05, 4.69) is 28.9 Å². The van der Waals surface area contributed by atoms with Gasteiger partial charge in [-0.3, -0.25) is 4.79 Å². The van der Waals surface area contributed by atoms with Crippen LogP contribution >= 0.6 is 0 Å². The molecule has 0 bridgehead atoms. The lowest BCUT2D eigenvalue weighted by molar-refractivity contribution is -0.106. The molecule has 2 aliphatic rings. The minimum atomic E-state index is -1.75. The molecular weight excluding hydrogens is 278 g/mol. The molecule has 3 N–H and O–H groups in total. The van der Waals surface area contributed by atoms with Crippen LogP contribution in [-0.4, -0.2) is 49.1 Å². The van der Waals surface area contributed by atoms with Gasteiger partial charge in [0.2, 0.25) is 13.3 Å². The summed E-state index contributed by atoms with van der Waals surface area (Å²) in [6.45, 7) is 1.35. The number of nitrogens with two attached hydrogens (primary N) is 1. The minimum absolute atomic E-state index is 0.0706. The Morgan fingerprint density at radius 1 is 1.43 bits per heavy atom. The van der Waals surface area contributed by atoms with Crippen LogP contribution in [0.2, 0.25) is 0 Å². The van der Waals surface area contributed by atoms with Gasteiger partial charge in [0.05, 0.1) is 6.10 Å². The maximum absolute atomic E-state index is 9.62. The number of carbonyl (C=O) groups is 1. The number of halogens is 2. The van der Waals surface area contributed by atoms with Gasteiger partial charge < -0.3 is 15.7 Å². The van der Waals surface area contributed by atoms with Gasteiger partial charge in [0.25, 0.3) is 0 Å². The van der Waals surface area contributed by atoms with E-state index in [0.29, 0.717) is 0 Å². The van der Waals surface area contributed by atoms with Gasteiger partial charge >= 0.3 is 0 Å². The molecule has 2 rings (SSSR count). The molecule has 6 heteroatoms. The van der Waals surface area contributed by atoms with E-state index < -0.39 is 6.93 Å². The van der Waals surface area contributed by atoms with Crippen molar-refractivity contribution >= 4 is 6.41 Å². The van der Waals surface area contributed by atoms with Crippen LogP contribution in [0.4, 0.5) is 8.78 Å². The lowest BCUT2D eigenvalue weighted by Gasteiger charge is -2.15. The van der Waals surface area contributed by atoms with Gasteiger partial charge in [-0.15, -0.1) is 0 Å². The van der Waals surface area contributed by atoms with E-state index in [1.54, 1.807) is 0 Å². The molecule has 0 radical (unpaired) electrons. The molecule has 1 aliphatic carbocycles. The summed E-state index contributed by atoms with van der Waals surface area (Å²) in [5, 5.41) is 9.38. The highest BCUT2D eigenvalue weighted by Crippen LogP contribution is 2.16. The average Bonchev–Trinajstić information content (AvgIpc) is 2.87. The Morgan fingerprint density at radius 3 is 2.57 bits per heavy atom. The number of hydrogen-bond donors (Lipinski definition) is 2. The van der Waals surface area contributed by atoms with Crippen LogP contribution in [0.5, 0.6) is 0 Å². The van der Waals surface area contributed by atoms with E-state index >= 15 is 0 Å². The molecular formula is C15H26F2N2O2. The fourth-order valence-corrected chi connectivity index (χ4v) is 2.38. The van der Waals surface area contributed by atoms with Gasteiger partial charge in [0, 0.05) is 13.1 Å². The Hall–Kier alpha value is -1.27. The SMILES string of the molecule is FCF.NC=O.OC1CCN(CCCC2=CCCC=C2)C1. The Balaban J connectivity index is 0.000000578. The lowest BCUT2D eigenvalue weighted by Crippen LogP contribution is -2.23. The van der Waals surface area contributed by atoms with Crippen LogP contribution in [0.3, 0.4) is 0 Å². The molecule has 0 aromatic heterocycles. The number of nitrogens with zero attached hydrogens (tertiary/aromatic N) is 1. The van der Waals surface area contributed by atoms with Gasteiger partial charge in [0.1, 0.15) is 0 Å². The molecule has 1 fully saturated rings. The van der Waals surface area contributed by atoms with Gasteiger partial charge in [-0.1, -0.05) is 23.8 Å². The number of amides is 1. The van der Waals surface area contributed by atoms with E-state index in [-0.39, 0.29) is 12.5 Å². The van der Waals surface area contributed by atoms with E-state index in [4.69, 9.17) is 4.79 Å². The third kappa shape index (κ3) is 11.1. The summed E-state index contributed by atoms with van der Waals surface area (Å²) in [5.74, 6) is 0. The molecule has 0 aromatic rings. The first-order valence-electron chi connectivity index (χ1n) is 7.21. The number of β-amino-alcohol motifs (C(OH)–C–C–N with tert-alkyl or cyclic N) is 1. The molecule has 1 amide bonds. The zero-order valence-electron chi connectivity index (χ0n) is 12.4. The lowest BCUT2D eigenvalue weighted by atomic mass is 10.0. The second kappa shape index (κ2) is 13.7. The number of likely N-dealkylation sites (tertiary alicyclic amines) is 1. The third-order valence-corrected chi connectivity index (χ3v) is 3.26. The first-order chi connectivity index (χ1) is 10.2. The predicted octanol–water partition coefficient (Wildman–Crippen LogP) is 2.09. The van der Waals surface area contributed by atoms with Crippen molar-refractivity contribution in [1.29, 1.82) is 0 Å². The van der Waals surface area contributed by atoms with E-state index in [9.17, 15) is 13.9 Å². The highest BCUT2D eigenvalue weighted by Gasteiger charge is 2.19. The van der Waals surface area contributed by atoms with Crippen molar-refractivity contribution in [3.05, 3.63) is 23.8 Å². The Kier molecular flexibility index (Phi) is 12.9. The molecule has 122 valence electrons. The Morgan fingerprint density at radius 2 is 2.10 bits per heavy atom. The molecule has 0 aromatic carbocycles. The molecule has 1 aliphatic heterocycles. The number of rotatable bonds is 4. The van der Waals surface area contributed by atoms with Gasteiger partial charge in [-0.2, -0.15) is 0 Å². The summed E-state index contributed by atoms with van der Waals surface area (Å²) in [7, 11) is 0. The molecule has 1 heterocycles. The summed E-state index contributed by atoms with van der Waals surface area (Å²) in [6, 6.07) is 0. The zero-order valence-corrected chi connectivity index (χ0v) is 12.4. The summed E-state index contributed by atoms with van der Waals surface area (Å²) < 4.78 is 19.2. The second-order valence-corrected chi connectivity index (χ2v) is 4.84. The molecule has 1 atom stereocenters. The van der Waals surface area contributed by atoms with Crippen molar-refractivity contribution < 1.29 is 18.7 Å². The standard InChI is InChI=1S/C13H21NO.CH2F2.CH3NO/c15-13-8-10-14(11-13)9-4-7-12-5-2-1-3-6-12;2*2-1-3/h2,5-6,13,15H,1,3-4,7-11H2;1H2;1H,(H2,2,3). The van der Waals surface area contributed by atoms with Crippen LogP contribution in [-0.2, 0) is 4.79 Å². The van der Waals surface area contributed by atoms with E-state index in [0.717, 1.165) is 26.1 Å². The first-order valence-corrected chi connectivity index (χ1v) is 7.21. The largest absolute Gasteiger partial charge is 0.392 e. The van der Waals surface area contributed by atoms with Crippen molar-refractivity contribution in [2.24, 2.45) is 5.73 Å². The number of carbonyl (C=O) groups excluding carboxylic acids is 1. The van der Waals surface area contributed by atoms with Crippen LogP contribution in [0.1, 0.15) is 32.1 Å². The van der Waals surface area contributed by atoms with Crippen molar-refractivity contribution in [3.63, 3.8) is 0 Å². The number of aliphatic hydroxyl groups excluding tert-OH is 1. The molecule has 0 spiro atoms. The topological polar surface area (TPSA) is 66.6 Å². The number of aliphatic hydroxyl groups is 1. The number of alkyl halides is 2. The predicted molar refractivity (Wildman–Crippen MR) is 80.1 cm³/mol. The number of hydrogen-bond acceptors (Lipinski definition) is 3. The fraction of sp³-hybridized carbons (Fsp3) is 0.667. The fourth-order valence-electron chi connectivity index (χ4n) is 2.38. The zero-order chi connectivity index (χ0) is 15.9. The van der Waals surface area contributed by atoms with Gasteiger partial charge in [-0.25, -0.2) is 8.78 Å². The maximum atomic E-state index is 9.62. The Labute approximate surface area is 125 Å². The highest BCUT2D eigenvalue weighted by atomic mass is 19.3. The molecule has 1 unspecified atom stereocenters. The first kappa shape index (κ1) is 19.7. The van der Waals surface area contributed by atoms with E-state index in [1.165, 1.54) is 31.3 Å². The molecule has 0 saturated carbocycles. The van der Waals surface area contributed by atoms with Crippen LogP contribution in [0, 0.1) is 0 Å². The number of allylic oxidation sites excluding steroid dienone is 4. The summed E-state index contributed by atoms with van der Waals surface area (Å²) in [5.41, 5.74) is 5.67. The minimum Gasteiger partial charge on any atom is -0.392 e. The Bertz CT molecular complexity index is 323. The van der Waals surface area contributed by atoms with Crippen molar-refractivity contribution in [3.8, 4) is 0 Å². The monoisotopic (exact) mass is 304 g/mol. The van der Waals surface area contributed by atoms with Crippen LogP contribution < -0.4 is 5.73 Å². The van der Waals surface area contributed by atoms with Crippen LogP contribution in [0.25, 0.3) is 0 Å². The number of primary amides is 1. The highest BCUT2D eigenvalue weighted by molar-refractivity contribution is 5.42. The summed E-state index contributed by atoms with van der Waals surface area (Å²) in [6.07, 6.45) is 12.9. The van der Waals surface area contributed by atoms with Crippen molar-refractivity contribution in [2.45, 2.75) is 38.2 Å².